The number of thioether (sulfide) groups is 1. The molecule has 0 spiro atoms. The highest BCUT2D eigenvalue weighted by Gasteiger charge is 2.37. The van der Waals surface area contributed by atoms with Crippen LogP contribution in [-0.4, -0.2) is 29.0 Å². The van der Waals surface area contributed by atoms with Crippen molar-refractivity contribution in [3.63, 3.8) is 0 Å². The molecule has 0 saturated heterocycles. The van der Waals surface area contributed by atoms with E-state index in [1.54, 1.807) is 25.1 Å². The minimum absolute atomic E-state index is 0.0311. The topological polar surface area (TPSA) is 86.5 Å². The van der Waals surface area contributed by atoms with E-state index in [-0.39, 0.29) is 23.8 Å². The Labute approximate surface area is 127 Å². The van der Waals surface area contributed by atoms with Crippen LogP contribution in [0.2, 0.25) is 0 Å². The normalized spacial score (nSPS) is 11.0. The van der Waals surface area contributed by atoms with Crippen molar-refractivity contribution in [3.8, 4) is 0 Å². The van der Waals surface area contributed by atoms with Crippen LogP contribution in [0.1, 0.15) is 20.8 Å². The van der Waals surface area contributed by atoms with Gasteiger partial charge in [0, 0.05) is 6.07 Å². The molecular formula is C14H17NO5S. The molecule has 0 fully saturated rings. The van der Waals surface area contributed by atoms with Crippen molar-refractivity contribution in [2.45, 2.75) is 25.7 Å². The smallest absolute Gasteiger partial charge is 0.319 e. The summed E-state index contributed by atoms with van der Waals surface area (Å²) >= 11 is 1.05. The number of ether oxygens (including phenoxy) is 1. The number of hydrogen-bond acceptors (Lipinski definition) is 6. The van der Waals surface area contributed by atoms with Gasteiger partial charge in [-0.05, 0) is 26.8 Å². The van der Waals surface area contributed by atoms with E-state index >= 15 is 0 Å². The van der Waals surface area contributed by atoms with E-state index in [0.717, 1.165) is 11.8 Å². The Morgan fingerprint density at radius 1 is 1.33 bits per heavy atom. The van der Waals surface area contributed by atoms with Crippen LogP contribution in [0.25, 0.3) is 0 Å². The third-order valence-corrected chi connectivity index (χ3v) is 3.97. The van der Waals surface area contributed by atoms with Gasteiger partial charge in [-0.3, -0.25) is 19.7 Å². The van der Waals surface area contributed by atoms with Crippen molar-refractivity contribution in [3.05, 3.63) is 34.4 Å². The minimum atomic E-state index is -1.26. The van der Waals surface area contributed by atoms with E-state index in [1.165, 1.54) is 19.9 Å². The molecule has 114 valence electrons. The van der Waals surface area contributed by atoms with E-state index in [9.17, 15) is 19.7 Å². The Hall–Kier alpha value is -1.89. The summed E-state index contributed by atoms with van der Waals surface area (Å²) < 4.78 is 4.86. The molecule has 0 unspecified atom stereocenters. The van der Waals surface area contributed by atoms with Gasteiger partial charge in [-0.25, -0.2) is 0 Å². The first-order chi connectivity index (χ1) is 9.80. The van der Waals surface area contributed by atoms with Gasteiger partial charge in [0.25, 0.3) is 5.69 Å². The first-order valence-electron chi connectivity index (χ1n) is 6.37. The molecule has 6 nitrogen and oxygen atoms in total. The Morgan fingerprint density at radius 3 is 2.52 bits per heavy atom. The average molecular weight is 311 g/mol. The van der Waals surface area contributed by atoms with Crippen molar-refractivity contribution >= 4 is 29.2 Å². The Kier molecular flexibility index (Phi) is 5.90. The second kappa shape index (κ2) is 7.21. The first-order valence-corrected chi connectivity index (χ1v) is 7.36. The second-order valence-corrected chi connectivity index (χ2v) is 5.80. The SMILES string of the molecule is CCOC(=O)C(C)(C)C(=O)CSc1ccccc1[N+](=O)[O-]. The molecule has 0 bridgehead atoms. The van der Waals surface area contributed by atoms with Gasteiger partial charge in [-0.15, -0.1) is 11.8 Å². The van der Waals surface area contributed by atoms with Crippen LogP contribution < -0.4 is 0 Å². The maximum atomic E-state index is 12.1. The molecule has 1 aromatic rings. The van der Waals surface area contributed by atoms with Crippen molar-refractivity contribution in [2.24, 2.45) is 5.41 Å². The molecule has 0 amide bonds. The fraction of sp³-hybridized carbons (Fsp3) is 0.429. The molecule has 1 aromatic carbocycles. The van der Waals surface area contributed by atoms with Gasteiger partial charge in [-0.2, -0.15) is 0 Å². The molecule has 0 aliphatic rings. The number of carbonyl (C=O) groups excluding carboxylic acids is 2. The molecule has 0 N–H and O–H groups in total. The van der Waals surface area contributed by atoms with Crippen LogP contribution in [0.5, 0.6) is 0 Å². The molecular weight excluding hydrogens is 294 g/mol. The zero-order valence-electron chi connectivity index (χ0n) is 12.1. The lowest BCUT2D eigenvalue weighted by Gasteiger charge is -2.20. The van der Waals surface area contributed by atoms with Gasteiger partial charge in [0.2, 0.25) is 0 Å². The number of para-hydroxylation sites is 1. The summed E-state index contributed by atoms with van der Waals surface area (Å²) in [6.45, 7) is 4.86. The highest BCUT2D eigenvalue weighted by atomic mass is 32.2. The van der Waals surface area contributed by atoms with Crippen LogP contribution in [0.3, 0.4) is 0 Å². The molecule has 21 heavy (non-hydrogen) atoms. The molecule has 0 aliphatic carbocycles. The Balaban J connectivity index is 2.78. The van der Waals surface area contributed by atoms with Crippen molar-refractivity contribution in [2.75, 3.05) is 12.4 Å². The largest absolute Gasteiger partial charge is 0.465 e. The minimum Gasteiger partial charge on any atom is -0.465 e. The number of Topliss-reactive ketones (excluding diaryl/α,β-unsaturated/α-hetero) is 1. The maximum Gasteiger partial charge on any atom is 0.319 e. The van der Waals surface area contributed by atoms with Crippen LogP contribution in [0, 0.1) is 15.5 Å². The monoisotopic (exact) mass is 311 g/mol. The number of benzene rings is 1. The second-order valence-electron chi connectivity index (χ2n) is 4.78. The number of nitrogens with zero attached hydrogens (tertiary/aromatic N) is 1. The summed E-state index contributed by atoms with van der Waals surface area (Å²) in [5, 5.41) is 10.9. The van der Waals surface area contributed by atoms with Crippen LogP contribution in [-0.2, 0) is 14.3 Å². The van der Waals surface area contributed by atoms with E-state index in [1.807, 2.05) is 0 Å². The fourth-order valence-electron chi connectivity index (χ4n) is 1.48. The molecule has 1 rings (SSSR count). The predicted octanol–water partition coefficient (Wildman–Crippen LogP) is 2.85. The van der Waals surface area contributed by atoms with Gasteiger partial charge in [0.1, 0.15) is 5.41 Å². The third kappa shape index (κ3) is 4.29. The van der Waals surface area contributed by atoms with Gasteiger partial charge >= 0.3 is 5.97 Å². The summed E-state index contributed by atoms with van der Waals surface area (Å²) in [5.41, 5.74) is -1.31. The molecule has 0 aliphatic heterocycles. The lowest BCUT2D eigenvalue weighted by molar-refractivity contribution is -0.387. The van der Waals surface area contributed by atoms with Crippen LogP contribution in [0.4, 0.5) is 5.69 Å². The quantitative estimate of drug-likeness (QED) is 0.253. The number of carbonyl (C=O) groups is 2. The predicted molar refractivity (Wildman–Crippen MR) is 79.2 cm³/mol. The maximum absolute atomic E-state index is 12.1. The lowest BCUT2D eigenvalue weighted by Crippen LogP contribution is -2.36. The van der Waals surface area contributed by atoms with Crippen molar-refractivity contribution in [1.82, 2.24) is 0 Å². The molecule has 0 saturated carbocycles. The number of rotatable bonds is 7. The Morgan fingerprint density at radius 2 is 1.95 bits per heavy atom. The molecule has 0 atom stereocenters. The molecule has 0 aromatic heterocycles. The number of nitro benzene ring substituents is 1. The van der Waals surface area contributed by atoms with Crippen LogP contribution >= 0.6 is 11.8 Å². The summed E-state index contributed by atoms with van der Waals surface area (Å²) in [6, 6.07) is 6.18. The van der Waals surface area contributed by atoms with Crippen molar-refractivity contribution < 1.29 is 19.2 Å². The summed E-state index contributed by atoms with van der Waals surface area (Å²) in [5.74, 6) is -0.946. The highest BCUT2D eigenvalue weighted by molar-refractivity contribution is 8.00. The lowest BCUT2D eigenvalue weighted by atomic mass is 9.89. The van der Waals surface area contributed by atoms with E-state index in [0.29, 0.717) is 4.90 Å². The zero-order chi connectivity index (χ0) is 16.0. The number of ketones is 1. The molecule has 7 heteroatoms. The van der Waals surface area contributed by atoms with Crippen molar-refractivity contribution in [1.29, 1.82) is 0 Å². The number of esters is 1. The number of hydrogen-bond donors (Lipinski definition) is 0. The highest BCUT2D eigenvalue weighted by Crippen LogP contribution is 2.31. The standard InChI is InChI=1S/C14H17NO5S/c1-4-20-13(17)14(2,3)12(16)9-21-11-8-6-5-7-10(11)15(18)19/h5-8H,4,9H2,1-3H3. The van der Waals surface area contributed by atoms with Gasteiger partial charge in [0.05, 0.1) is 22.2 Å². The molecule has 0 radical (unpaired) electrons. The summed E-state index contributed by atoms with van der Waals surface area (Å²) in [7, 11) is 0. The zero-order valence-corrected chi connectivity index (χ0v) is 12.9. The van der Waals surface area contributed by atoms with Gasteiger partial charge in [-0.1, -0.05) is 12.1 Å². The Bertz CT molecular complexity index is 556. The van der Waals surface area contributed by atoms with E-state index < -0.39 is 16.3 Å². The van der Waals surface area contributed by atoms with Gasteiger partial charge in [0.15, 0.2) is 5.78 Å². The summed E-state index contributed by atoms with van der Waals surface area (Å²) in [4.78, 5) is 34.7. The average Bonchev–Trinajstić information content (AvgIpc) is 2.45. The molecule has 0 heterocycles. The first kappa shape index (κ1) is 17.2. The van der Waals surface area contributed by atoms with E-state index in [4.69, 9.17) is 4.74 Å². The van der Waals surface area contributed by atoms with Gasteiger partial charge < -0.3 is 4.74 Å². The fourth-order valence-corrected chi connectivity index (χ4v) is 2.59. The van der Waals surface area contributed by atoms with E-state index in [2.05, 4.69) is 0 Å². The third-order valence-electron chi connectivity index (χ3n) is 2.90. The summed E-state index contributed by atoms with van der Waals surface area (Å²) in [6.07, 6.45) is 0. The number of nitro groups is 1. The van der Waals surface area contributed by atoms with Crippen LogP contribution in [0.15, 0.2) is 29.2 Å².